The van der Waals surface area contributed by atoms with Gasteiger partial charge >= 0.3 is 0 Å². The number of aromatic hydroxyl groups is 1. The molecule has 0 radical (unpaired) electrons. The van der Waals surface area contributed by atoms with Crippen molar-refractivity contribution >= 4 is 40.2 Å². The van der Waals surface area contributed by atoms with E-state index in [0.29, 0.717) is 33.5 Å². The van der Waals surface area contributed by atoms with E-state index >= 15 is 0 Å². The molecule has 0 bridgehead atoms. The molecular formula is C24H19ClN4O2. The van der Waals surface area contributed by atoms with E-state index in [-0.39, 0.29) is 11.7 Å². The summed E-state index contributed by atoms with van der Waals surface area (Å²) < 4.78 is 1.95. The zero-order valence-corrected chi connectivity index (χ0v) is 17.4. The van der Waals surface area contributed by atoms with Gasteiger partial charge in [0.2, 0.25) is 5.95 Å². The zero-order valence-electron chi connectivity index (χ0n) is 16.6. The lowest BCUT2D eigenvalue weighted by atomic mass is 9.93. The molecule has 0 aliphatic carbocycles. The van der Waals surface area contributed by atoms with E-state index in [1.165, 1.54) is 0 Å². The minimum Gasteiger partial charge on any atom is -0.508 e. The Morgan fingerprint density at radius 3 is 2.55 bits per heavy atom. The molecule has 5 rings (SSSR count). The number of phenols is 1. The molecule has 3 aromatic carbocycles. The van der Waals surface area contributed by atoms with Crippen LogP contribution in [0.4, 0.5) is 11.6 Å². The Balaban J connectivity index is 1.67. The molecule has 1 atom stereocenters. The Labute approximate surface area is 183 Å². The number of rotatable bonds is 3. The van der Waals surface area contributed by atoms with E-state index in [0.717, 1.165) is 11.0 Å². The first-order chi connectivity index (χ1) is 15.0. The molecule has 0 unspecified atom stereocenters. The van der Waals surface area contributed by atoms with E-state index in [4.69, 9.17) is 11.6 Å². The smallest absolute Gasteiger partial charge is 0.255 e. The van der Waals surface area contributed by atoms with Gasteiger partial charge < -0.3 is 15.7 Å². The molecule has 0 spiro atoms. The molecule has 1 amide bonds. The Bertz CT molecular complexity index is 1340. The third-order valence-electron chi connectivity index (χ3n) is 5.41. The number of imidazole rings is 1. The van der Waals surface area contributed by atoms with Gasteiger partial charge in [0.1, 0.15) is 5.75 Å². The number of allylic oxidation sites excluding steroid dienone is 1. The highest BCUT2D eigenvalue weighted by Crippen LogP contribution is 2.42. The number of fused-ring (bicyclic) bond motifs is 3. The molecule has 0 saturated carbocycles. The number of nitrogens with one attached hydrogen (secondary N) is 2. The van der Waals surface area contributed by atoms with E-state index in [1.54, 1.807) is 36.4 Å². The highest BCUT2D eigenvalue weighted by Gasteiger charge is 2.35. The minimum absolute atomic E-state index is 0.114. The molecule has 1 aromatic heterocycles. The summed E-state index contributed by atoms with van der Waals surface area (Å²) in [5, 5.41) is 17.5. The second-order valence-electron chi connectivity index (χ2n) is 7.38. The number of benzene rings is 3. The van der Waals surface area contributed by atoms with Crippen molar-refractivity contribution in [3.8, 4) is 5.75 Å². The lowest BCUT2D eigenvalue weighted by Crippen LogP contribution is -2.31. The van der Waals surface area contributed by atoms with Crippen molar-refractivity contribution in [3.63, 3.8) is 0 Å². The van der Waals surface area contributed by atoms with E-state index in [9.17, 15) is 9.90 Å². The van der Waals surface area contributed by atoms with Gasteiger partial charge in [-0.2, -0.15) is 0 Å². The lowest BCUT2D eigenvalue weighted by molar-refractivity contribution is -0.113. The maximum atomic E-state index is 13.5. The Hall–Kier alpha value is -3.77. The average Bonchev–Trinajstić information content (AvgIpc) is 3.12. The summed E-state index contributed by atoms with van der Waals surface area (Å²) in [7, 11) is 0. The topological polar surface area (TPSA) is 79.2 Å². The van der Waals surface area contributed by atoms with Gasteiger partial charge in [0.05, 0.1) is 22.6 Å². The predicted molar refractivity (Wildman–Crippen MR) is 122 cm³/mol. The second-order valence-corrected chi connectivity index (χ2v) is 7.82. The summed E-state index contributed by atoms with van der Waals surface area (Å²) in [5.74, 6) is 0.460. The first-order valence-electron chi connectivity index (χ1n) is 9.82. The predicted octanol–water partition coefficient (Wildman–Crippen LogP) is 5.32. The normalized spacial score (nSPS) is 15.5. The number of carbonyl (C=O) groups excluding carboxylic acids is 1. The van der Waals surface area contributed by atoms with Crippen LogP contribution in [0.3, 0.4) is 0 Å². The number of para-hydroxylation sites is 3. The summed E-state index contributed by atoms with van der Waals surface area (Å²) in [6.07, 6.45) is 0. The van der Waals surface area contributed by atoms with Crippen LogP contribution in [0, 0.1) is 0 Å². The van der Waals surface area contributed by atoms with Gasteiger partial charge in [0.25, 0.3) is 5.91 Å². The van der Waals surface area contributed by atoms with Crippen LogP contribution in [0.2, 0.25) is 5.02 Å². The quantitative estimate of drug-likeness (QED) is 0.411. The fraction of sp³-hybridized carbons (Fsp3) is 0.0833. The molecule has 6 nitrogen and oxygen atoms in total. The molecule has 0 fully saturated rings. The van der Waals surface area contributed by atoms with Crippen LogP contribution in [0.15, 0.2) is 84.1 Å². The van der Waals surface area contributed by atoms with Crippen LogP contribution in [-0.2, 0) is 4.79 Å². The number of anilines is 2. The van der Waals surface area contributed by atoms with Gasteiger partial charge in [-0.3, -0.25) is 9.36 Å². The average molecular weight is 431 g/mol. The van der Waals surface area contributed by atoms with Crippen LogP contribution in [0.25, 0.3) is 11.0 Å². The summed E-state index contributed by atoms with van der Waals surface area (Å²) in [6, 6.07) is 21.2. The number of hydrogen-bond acceptors (Lipinski definition) is 4. The standard InChI is InChI=1S/C24H19ClN4O2/c1-14-21(23(31)27-16-12-10-15(25)11-13-16)22(17-6-2-5-9-20(17)30)29-19-8-4-3-7-18(19)28-24(29)26-14/h2-13,22,30H,1H3,(H,26,28)(H,27,31)/t22-/m1/s1. The van der Waals surface area contributed by atoms with Gasteiger partial charge in [0.15, 0.2) is 0 Å². The third kappa shape index (κ3) is 3.31. The highest BCUT2D eigenvalue weighted by molar-refractivity contribution is 6.30. The number of aromatic nitrogens is 2. The van der Waals surface area contributed by atoms with Crippen molar-refractivity contribution in [2.24, 2.45) is 0 Å². The van der Waals surface area contributed by atoms with Crippen LogP contribution in [0.5, 0.6) is 5.75 Å². The minimum atomic E-state index is -0.558. The largest absolute Gasteiger partial charge is 0.508 e. The number of amides is 1. The summed E-state index contributed by atoms with van der Waals surface area (Å²) in [6.45, 7) is 1.84. The van der Waals surface area contributed by atoms with Crippen LogP contribution < -0.4 is 10.6 Å². The van der Waals surface area contributed by atoms with E-state index < -0.39 is 6.04 Å². The Kier molecular flexibility index (Phi) is 4.64. The molecule has 1 aliphatic heterocycles. The fourth-order valence-corrected chi connectivity index (χ4v) is 4.13. The summed E-state index contributed by atoms with van der Waals surface area (Å²) in [4.78, 5) is 18.2. The zero-order chi connectivity index (χ0) is 21.5. The van der Waals surface area contributed by atoms with Crippen LogP contribution >= 0.6 is 11.6 Å². The molecule has 2 heterocycles. The first-order valence-corrected chi connectivity index (χ1v) is 10.2. The lowest BCUT2D eigenvalue weighted by Gasteiger charge is -2.31. The van der Waals surface area contributed by atoms with Gasteiger partial charge in [-0.1, -0.05) is 41.9 Å². The molecule has 31 heavy (non-hydrogen) atoms. The molecule has 7 heteroatoms. The third-order valence-corrected chi connectivity index (χ3v) is 5.66. The van der Waals surface area contributed by atoms with Crippen LogP contribution in [0.1, 0.15) is 18.5 Å². The molecular weight excluding hydrogens is 412 g/mol. The second kappa shape index (κ2) is 7.49. The highest BCUT2D eigenvalue weighted by atomic mass is 35.5. The molecule has 1 aliphatic rings. The van der Waals surface area contributed by atoms with Crippen molar-refractivity contribution in [2.45, 2.75) is 13.0 Å². The number of hydrogen-bond donors (Lipinski definition) is 3. The van der Waals surface area contributed by atoms with Crippen molar-refractivity contribution in [2.75, 3.05) is 10.6 Å². The molecule has 154 valence electrons. The maximum absolute atomic E-state index is 13.5. The van der Waals surface area contributed by atoms with Crippen molar-refractivity contribution < 1.29 is 9.90 Å². The van der Waals surface area contributed by atoms with Gasteiger partial charge in [-0.25, -0.2) is 4.98 Å². The van der Waals surface area contributed by atoms with E-state index in [1.807, 2.05) is 47.9 Å². The van der Waals surface area contributed by atoms with Gasteiger partial charge in [-0.05, 0) is 49.4 Å². The monoisotopic (exact) mass is 430 g/mol. The molecule has 4 aromatic rings. The molecule has 3 N–H and O–H groups in total. The Morgan fingerprint density at radius 2 is 1.77 bits per heavy atom. The maximum Gasteiger partial charge on any atom is 0.255 e. The van der Waals surface area contributed by atoms with Gasteiger partial charge in [0, 0.05) is 22.0 Å². The number of nitrogens with zero attached hydrogens (tertiary/aromatic N) is 2. The summed E-state index contributed by atoms with van der Waals surface area (Å²) in [5.41, 5.74) is 4.08. The van der Waals surface area contributed by atoms with E-state index in [2.05, 4.69) is 15.6 Å². The van der Waals surface area contributed by atoms with Crippen molar-refractivity contribution in [3.05, 3.63) is 94.7 Å². The van der Waals surface area contributed by atoms with Crippen molar-refractivity contribution in [1.82, 2.24) is 9.55 Å². The van der Waals surface area contributed by atoms with Gasteiger partial charge in [-0.15, -0.1) is 0 Å². The van der Waals surface area contributed by atoms with Crippen molar-refractivity contribution in [1.29, 1.82) is 0 Å². The first kappa shape index (κ1) is 19.2. The number of carbonyl (C=O) groups is 1. The SMILES string of the molecule is CC1=C(C(=O)Nc2ccc(Cl)cc2)[C@@H](c2ccccc2O)n2c(nc3ccccc32)N1. The number of halogens is 1. The summed E-state index contributed by atoms with van der Waals surface area (Å²) >= 11 is 5.97. The Morgan fingerprint density at radius 1 is 1.06 bits per heavy atom. The van der Waals surface area contributed by atoms with Crippen LogP contribution in [-0.4, -0.2) is 20.6 Å². The number of phenolic OH excluding ortho intramolecular Hbond substituents is 1. The molecule has 0 saturated heterocycles. The fourth-order valence-electron chi connectivity index (χ4n) is 4.00.